The van der Waals surface area contributed by atoms with Crippen LogP contribution in [0.15, 0.2) is 72.8 Å². The first-order valence-electron chi connectivity index (χ1n) is 11.2. The minimum absolute atomic E-state index is 0.0668. The Morgan fingerprint density at radius 3 is 2.47 bits per heavy atom. The van der Waals surface area contributed by atoms with E-state index in [1.54, 1.807) is 36.8 Å². The number of carbonyl (C=O) groups excluding carboxylic acids is 2. The molecule has 1 aliphatic heterocycles. The van der Waals surface area contributed by atoms with E-state index in [0.717, 1.165) is 12.0 Å². The van der Waals surface area contributed by atoms with Gasteiger partial charge in [-0.3, -0.25) is 9.59 Å². The number of aryl methyl sites for hydroxylation is 1. The number of amides is 1. The number of ketones is 1. The number of ether oxygens (including phenoxy) is 1. The number of aliphatic hydroxyl groups is 1. The molecule has 1 fully saturated rings. The largest absolute Gasteiger partial charge is 0.507 e. The highest BCUT2D eigenvalue weighted by atomic mass is 35.5. The van der Waals surface area contributed by atoms with E-state index in [1.165, 1.54) is 4.90 Å². The second-order valence-corrected chi connectivity index (χ2v) is 8.51. The van der Waals surface area contributed by atoms with Crippen molar-refractivity contribution in [3.05, 3.63) is 89.0 Å². The lowest BCUT2D eigenvalue weighted by molar-refractivity contribution is -0.139. The predicted molar refractivity (Wildman–Crippen MR) is 130 cm³/mol. The number of hydrogen-bond acceptors (Lipinski definition) is 5. The smallest absolute Gasteiger partial charge is 0.295 e. The fourth-order valence-electron chi connectivity index (χ4n) is 4.03. The van der Waals surface area contributed by atoms with Gasteiger partial charge in [-0.05, 0) is 54.8 Å². The Morgan fingerprint density at radius 1 is 1.09 bits per heavy atom. The van der Waals surface area contributed by atoms with Crippen LogP contribution in [0.4, 0.5) is 0 Å². The van der Waals surface area contributed by atoms with Crippen LogP contribution < -0.4 is 4.74 Å². The Balaban J connectivity index is 1.69. The third-order valence-corrected chi connectivity index (χ3v) is 5.95. The summed E-state index contributed by atoms with van der Waals surface area (Å²) in [5.41, 5.74) is 1.21. The molecule has 4 rings (SSSR count). The van der Waals surface area contributed by atoms with Crippen LogP contribution in [0.5, 0.6) is 5.75 Å². The summed E-state index contributed by atoms with van der Waals surface area (Å²) in [4.78, 5) is 31.7. The third-order valence-electron chi connectivity index (χ3n) is 5.70. The van der Waals surface area contributed by atoms with E-state index in [0.29, 0.717) is 42.5 Å². The number of aromatic nitrogens is 2. The molecular formula is C26H26ClN3O4. The molecule has 0 aliphatic carbocycles. The molecule has 0 unspecified atom stereocenters. The third kappa shape index (κ3) is 4.99. The van der Waals surface area contributed by atoms with Gasteiger partial charge in [0.15, 0.2) is 0 Å². The maximum Gasteiger partial charge on any atom is 0.295 e. The highest BCUT2D eigenvalue weighted by Crippen LogP contribution is 2.40. The Labute approximate surface area is 203 Å². The summed E-state index contributed by atoms with van der Waals surface area (Å²) in [5, 5.41) is 11.6. The quantitative estimate of drug-likeness (QED) is 0.270. The highest BCUT2D eigenvalue weighted by Gasteiger charge is 2.45. The van der Waals surface area contributed by atoms with Crippen molar-refractivity contribution in [3.63, 3.8) is 0 Å². The molecule has 1 aromatic heterocycles. The molecule has 0 radical (unpaired) electrons. The van der Waals surface area contributed by atoms with E-state index >= 15 is 0 Å². The van der Waals surface area contributed by atoms with Gasteiger partial charge in [0.1, 0.15) is 11.5 Å². The first-order valence-corrected chi connectivity index (χ1v) is 11.6. The zero-order valence-corrected chi connectivity index (χ0v) is 19.6. The fourth-order valence-corrected chi connectivity index (χ4v) is 4.16. The van der Waals surface area contributed by atoms with E-state index < -0.39 is 17.7 Å². The van der Waals surface area contributed by atoms with Gasteiger partial charge in [-0.2, -0.15) is 0 Å². The average molecular weight is 480 g/mol. The summed E-state index contributed by atoms with van der Waals surface area (Å²) in [6, 6.07) is 13.1. The van der Waals surface area contributed by atoms with Crippen LogP contribution in [0.2, 0.25) is 5.02 Å². The zero-order valence-electron chi connectivity index (χ0n) is 18.9. The SMILES string of the molecule is CCCOc1ccc([C@H]2/C(=C(\O)c3ccc(Cl)cc3)C(=O)C(=O)N2CCCn2ccnc2)cc1. The molecule has 0 saturated carbocycles. The Hall–Kier alpha value is -3.58. The topological polar surface area (TPSA) is 84.7 Å². The molecule has 7 nitrogen and oxygen atoms in total. The van der Waals surface area contributed by atoms with Crippen molar-refractivity contribution < 1.29 is 19.4 Å². The van der Waals surface area contributed by atoms with Crippen molar-refractivity contribution in [2.45, 2.75) is 32.4 Å². The van der Waals surface area contributed by atoms with Crippen LogP contribution in [0.25, 0.3) is 5.76 Å². The van der Waals surface area contributed by atoms with E-state index in [1.807, 2.05) is 42.0 Å². The summed E-state index contributed by atoms with van der Waals surface area (Å²) < 4.78 is 7.59. The molecule has 34 heavy (non-hydrogen) atoms. The molecule has 176 valence electrons. The van der Waals surface area contributed by atoms with Gasteiger partial charge in [-0.15, -0.1) is 0 Å². The van der Waals surface area contributed by atoms with Gasteiger partial charge < -0.3 is 19.3 Å². The fraction of sp³-hybridized carbons (Fsp3) is 0.269. The Kier molecular flexibility index (Phi) is 7.33. The molecule has 3 aromatic rings. The van der Waals surface area contributed by atoms with Crippen molar-refractivity contribution in [1.82, 2.24) is 14.5 Å². The van der Waals surface area contributed by atoms with Gasteiger partial charge in [0.2, 0.25) is 0 Å². The lowest BCUT2D eigenvalue weighted by Crippen LogP contribution is -2.31. The molecule has 0 spiro atoms. The van der Waals surface area contributed by atoms with Gasteiger partial charge in [0.25, 0.3) is 11.7 Å². The van der Waals surface area contributed by atoms with Gasteiger partial charge in [-0.25, -0.2) is 4.98 Å². The van der Waals surface area contributed by atoms with Crippen LogP contribution in [-0.4, -0.2) is 44.4 Å². The second-order valence-electron chi connectivity index (χ2n) is 8.07. The van der Waals surface area contributed by atoms with Crippen LogP contribution in [0.3, 0.4) is 0 Å². The summed E-state index contributed by atoms with van der Waals surface area (Å²) >= 11 is 5.98. The zero-order chi connectivity index (χ0) is 24.1. The summed E-state index contributed by atoms with van der Waals surface area (Å²) in [7, 11) is 0. The standard InChI is InChI=1S/C26H26ClN3O4/c1-2-16-34-21-10-6-18(7-11-21)23-22(24(31)19-4-8-20(27)9-5-19)25(32)26(33)30(23)14-3-13-29-15-12-28-17-29/h4-12,15,17,23,31H,2-3,13-14,16H2,1H3/b24-22+/t23-/m0/s1. The van der Waals surface area contributed by atoms with Crippen molar-refractivity contribution in [3.8, 4) is 5.75 Å². The maximum atomic E-state index is 13.1. The monoisotopic (exact) mass is 479 g/mol. The summed E-state index contributed by atoms with van der Waals surface area (Å²) in [5.74, 6) is -0.840. The summed E-state index contributed by atoms with van der Waals surface area (Å²) in [6.45, 7) is 3.63. The number of nitrogens with zero attached hydrogens (tertiary/aromatic N) is 3. The maximum absolute atomic E-state index is 13.1. The molecule has 1 aliphatic rings. The number of likely N-dealkylation sites (tertiary alicyclic amines) is 1. The molecule has 8 heteroatoms. The van der Waals surface area contributed by atoms with Crippen LogP contribution in [0, 0.1) is 0 Å². The van der Waals surface area contributed by atoms with Crippen LogP contribution in [-0.2, 0) is 16.1 Å². The van der Waals surface area contributed by atoms with E-state index in [-0.39, 0.29) is 11.3 Å². The number of hydrogen-bond donors (Lipinski definition) is 1. The average Bonchev–Trinajstić information content (AvgIpc) is 3.45. The van der Waals surface area contributed by atoms with E-state index in [9.17, 15) is 14.7 Å². The number of benzene rings is 2. The molecule has 1 atom stereocenters. The Morgan fingerprint density at radius 2 is 1.82 bits per heavy atom. The lowest BCUT2D eigenvalue weighted by Gasteiger charge is -2.25. The minimum atomic E-state index is -0.710. The van der Waals surface area contributed by atoms with Crippen molar-refractivity contribution in [2.75, 3.05) is 13.2 Å². The number of imidazole rings is 1. The number of carbonyl (C=O) groups is 2. The lowest BCUT2D eigenvalue weighted by atomic mass is 9.95. The van der Waals surface area contributed by atoms with Gasteiger partial charge >= 0.3 is 0 Å². The number of rotatable bonds is 9. The van der Waals surface area contributed by atoms with Crippen molar-refractivity contribution >= 4 is 29.1 Å². The first kappa shape index (κ1) is 23.6. The van der Waals surface area contributed by atoms with Crippen molar-refractivity contribution in [2.24, 2.45) is 0 Å². The molecule has 1 saturated heterocycles. The van der Waals surface area contributed by atoms with E-state index in [2.05, 4.69) is 4.98 Å². The molecule has 0 bridgehead atoms. The molecule has 1 amide bonds. The number of aliphatic hydroxyl groups excluding tert-OH is 1. The normalized spacial score (nSPS) is 17.4. The minimum Gasteiger partial charge on any atom is -0.507 e. The van der Waals surface area contributed by atoms with Crippen molar-refractivity contribution in [1.29, 1.82) is 0 Å². The molecule has 2 heterocycles. The van der Waals surface area contributed by atoms with Gasteiger partial charge in [0, 0.05) is 36.1 Å². The van der Waals surface area contributed by atoms with Crippen LogP contribution in [0.1, 0.15) is 36.9 Å². The molecular weight excluding hydrogens is 454 g/mol. The Bertz CT molecular complexity index is 1170. The number of halogens is 1. The second kappa shape index (κ2) is 10.6. The molecule has 2 aromatic carbocycles. The first-order chi connectivity index (χ1) is 16.5. The van der Waals surface area contributed by atoms with Gasteiger partial charge in [-0.1, -0.05) is 30.7 Å². The van der Waals surface area contributed by atoms with E-state index in [4.69, 9.17) is 16.3 Å². The predicted octanol–water partition coefficient (Wildman–Crippen LogP) is 4.84. The molecule has 1 N–H and O–H groups in total. The number of Topliss-reactive ketones (excluding diaryl/α,β-unsaturated/α-hetero) is 1. The summed E-state index contributed by atoms with van der Waals surface area (Å²) in [6.07, 6.45) is 6.77. The highest BCUT2D eigenvalue weighted by molar-refractivity contribution is 6.46. The van der Waals surface area contributed by atoms with Gasteiger partial charge in [0.05, 0.1) is 24.5 Å². The van der Waals surface area contributed by atoms with Crippen LogP contribution >= 0.6 is 11.6 Å².